The molecule has 218 valence electrons. The third-order valence-corrected chi connectivity index (χ3v) is 7.90. The van der Waals surface area contributed by atoms with Gasteiger partial charge in [0.2, 0.25) is 0 Å². The Morgan fingerprint density at radius 2 is 1.90 bits per heavy atom. The Morgan fingerprint density at radius 1 is 1.14 bits per heavy atom. The third-order valence-electron chi connectivity index (χ3n) is 6.30. The fourth-order valence-corrected chi connectivity index (χ4v) is 5.76. The molecule has 10 nitrogen and oxygen atoms in total. The summed E-state index contributed by atoms with van der Waals surface area (Å²) in [5.41, 5.74) is 2.10. The molecule has 0 aliphatic carbocycles. The SMILES string of the molecule is CCN(CC)c1ccc(/C=C2/SC(=S)N(c3ccc(OC)c(Cl)c3)C2=O)c(OCC(=O)Nc2cccc([N+](=O)[O-])c2)c1. The lowest BCUT2D eigenvalue weighted by molar-refractivity contribution is -0.384. The van der Waals surface area contributed by atoms with Gasteiger partial charge in [0.05, 0.1) is 27.6 Å². The van der Waals surface area contributed by atoms with Gasteiger partial charge >= 0.3 is 0 Å². The number of rotatable bonds is 11. The first-order chi connectivity index (χ1) is 20.1. The molecule has 1 heterocycles. The van der Waals surface area contributed by atoms with Crippen LogP contribution in [0.2, 0.25) is 5.02 Å². The molecule has 0 radical (unpaired) electrons. The highest BCUT2D eigenvalue weighted by Gasteiger charge is 2.34. The maximum Gasteiger partial charge on any atom is 0.271 e. The first-order valence-corrected chi connectivity index (χ1v) is 14.4. The van der Waals surface area contributed by atoms with E-state index in [2.05, 4.69) is 10.2 Å². The minimum absolute atomic E-state index is 0.142. The molecule has 2 amide bonds. The monoisotopic (exact) mass is 626 g/mol. The fraction of sp³-hybridized carbons (Fsp3) is 0.207. The number of non-ortho nitro benzene ring substituents is 1. The summed E-state index contributed by atoms with van der Waals surface area (Å²) in [7, 11) is 1.51. The number of nitrogens with zero attached hydrogens (tertiary/aromatic N) is 3. The summed E-state index contributed by atoms with van der Waals surface area (Å²) >= 11 is 12.9. The Labute approximate surface area is 257 Å². The summed E-state index contributed by atoms with van der Waals surface area (Å²) in [6, 6.07) is 16.2. The van der Waals surface area contributed by atoms with Crippen LogP contribution in [0.3, 0.4) is 0 Å². The van der Waals surface area contributed by atoms with Crippen molar-refractivity contribution in [3.8, 4) is 11.5 Å². The summed E-state index contributed by atoms with van der Waals surface area (Å²) in [6.45, 7) is 5.20. The molecule has 0 saturated carbocycles. The highest BCUT2D eigenvalue weighted by Crippen LogP contribution is 2.39. The highest BCUT2D eigenvalue weighted by molar-refractivity contribution is 8.27. The molecule has 1 fully saturated rings. The average molecular weight is 627 g/mol. The van der Waals surface area contributed by atoms with E-state index >= 15 is 0 Å². The Bertz CT molecular complexity index is 1580. The topological polar surface area (TPSA) is 114 Å². The third kappa shape index (κ3) is 7.01. The predicted molar refractivity (Wildman–Crippen MR) is 171 cm³/mol. The van der Waals surface area contributed by atoms with Gasteiger partial charge in [0.15, 0.2) is 10.9 Å². The lowest BCUT2D eigenvalue weighted by atomic mass is 10.1. The van der Waals surface area contributed by atoms with Gasteiger partial charge in [0, 0.05) is 48.2 Å². The first-order valence-electron chi connectivity index (χ1n) is 12.8. The van der Waals surface area contributed by atoms with E-state index in [9.17, 15) is 19.7 Å². The van der Waals surface area contributed by atoms with Crippen LogP contribution in [0, 0.1) is 10.1 Å². The van der Waals surface area contributed by atoms with E-state index < -0.39 is 10.8 Å². The molecular formula is C29H27ClN4O6S2. The zero-order valence-electron chi connectivity index (χ0n) is 23.0. The fourth-order valence-electron chi connectivity index (χ4n) is 4.22. The Hall–Kier alpha value is -4.13. The van der Waals surface area contributed by atoms with Gasteiger partial charge in [0.25, 0.3) is 17.5 Å². The van der Waals surface area contributed by atoms with Crippen LogP contribution in [-0.2, 0) is 9.59 Å². The van der Waals surface area contributed by atoms with Gasteiger partial charge in [-0.25, -0.2) is 0 Å². The minimum Gasteiger partial charge on any atom is -0.495 e. The van der Waals surface area contributed by atoms with E-state index in [0.717, 1.165) is 30.5 Å². The van der Waals surface area contributed by atoms with E-state index in [1.165, 1.54) is 30.2 Å². The number of hydrogen-bond acceptors (Lipinski definition) is 9. The van der Waals surface area contributed by atoms with Crippen LogP contribution in [0.1, 0.15) is 19.4 Å². The number of amides is 2. The number of nitro benzene ring substituents is 1. The maximum absolute atomic E-state index is 13.4. The van der Waals surface area contributed by atoms with Gasteiger partial charge in [-0.2, -0.15) is 0 Å². The van der Waals surface area contributed by atoms with E-state index in [0.29, 0.717) is 37.0 Å². The molecule has 4 rings (SSSR count). The molecule has 3 aromatic carbocycles. The van der Waals surface area contributed by atoms with Crippen LogP contribution >= 0.6 is 35.6 Å². The van der Waals surface area contributed by atoms with Crippen molar-refractivity contribution in [2.24, 2.45) is 0 Å². The summed E-state index contributed by atoms with van der Waals surface area (Å²) in [6.07, 6.45) is 1.67. The zero-order valence-corrected chi connectivity index (χ0v) is 25.3. The van der Waals surface area contributed by atoms with Crippen molar-refractivity contribution in [3.05, 3.63) is 86.3 Å². The Kier molecular flexibility index (Phi) is 10.0. The Morgan fingerprint density at radius 3 is 2.57 bits per heavy atom. The van der Waals surface area contributed by atoms with Crippen LogP contribution < -0.4 is 24.6 Å². The number of ether oxygens (including phenoxy) is 2. The van der Waals surface area contributed by atoms with Gasteiger partial charge in [-0.15, -0.1) is 0 Å². The van der Waals surface area contributed by atoms with Crippen molar-refractivity contribution in [2.75, 3.05) is 41.9 Å². The van der Waals surface area contributed by atoms with E-state index in [1.807, 2.05) is 32.0 Å². The number of methoxy groups -OCH3 is 1. The van der Waals surface area contributed by atoms with Crippen LogP contribution in [0.15, 0.2) is 65.6 Å². The number of halogens is 1. The number of carbonyl (C=O) groups excluding carboxylic acids is 2. The molecule has 1 aliphatic rings. The molecule has 1 aliphatic heterocycles. The normalized spacial score (nSPS) is 13.8. The van der Waals surface area contributed by atoms with Crippen LogP contribution in [0.4, 0.5) is 22.7 Å². The lowest BCUT2D eigenvalue weighted by Crippen LogP contribution is -2.27. The van der Waals surface area contributed by atoms with Gasteiger partial charge in [-0.3, -0.25) is 24.6 Å². The van der Waals surface area contributed by atoms with Gasteiger partial charge < -0.3 is 19.7 Å². The van der Waals surface area contributed by atoms with Crippen molar-refractivity contribution in [2.45, 2.75) is 13.8 Å². The number of thioether (sulfide) groups is 1. The molecule has 0 bridgehead atoms. The molecule has 0 spiro atoms. The average Bonchev–Trinajstić information content (AvgIpc) is 3.25. The summed E-state index contributed by atoms with van der Waals surface area (Å²) in [5.74, 6) is 0.0307. The summed E-state index contributed by atoms with van der Waals surface area (Å²) in [5, 5.41) is 14.0. The van der Waals surface area contributed by atoms with Crippen LogP contribution in [0.25, 0.3) is 6.08 Å². The number of nitrogens with one attached hydrogen (secondary N) is 1. The number of hydrogen-bond donors (Lipinski definition) is 1. The quantitative estimate of drug-likeness (QED) is 0.110. The van der Waals surface area contributed by atoms with Gasteiger partial charge in [0.1, 0.15) is 11.5 Å². The molecule has 1 saturated heterocycles. The first kappa shape index (κ1) is 30.8. The summed E-state index contributed by atoms with van der Waals surface area (Å²) in [4.78, 5) is 40.5. The molecule has 3 aromatic rings. The van der Waals surface area contributed by atoms with Crippen molar-refractivity contribution >= 4 is 80.5 Å². The standard InChI is InChI=1S/C29H27ClN4O6S2/c1-4-32(5-2)20-10-9-18(25(16-20)40-17-27(35)31-19-7-6-8-22(14-19)34(37)38)13-26-28(36)33(29(41)42-26)21-11-12-24(39-3)23(30)15-21/h6-16H,4-5,17H2,1-3H3,(H,31,35)/b26-13+. The molecule has 0 aromatic heterocycles. The van der Waals surface area contributed by atoms with Crippen molar-refractivity contribution < 1.29 is 24.0 Å². The van der Waals surface area contributed by atoms with E-state index in [1.54, 1.807) is 30.3 Å². The number of benzene rings is 3. The summed E-state index contributed by atoms with van der Waals surface area (Å²) < 4.78 is 11.5. The lowest BCUT2D eigenvalue weighted by Gasteiger charge is -2.22. The largest absolute Gasteiger partial charge is 0.495 e. The number of anilines is 3. The Balaban J connectivity index is 1.59. The second-order valence-corrected chi connectivity index (χ2v) is 11.0. The van der Waals surface area contributed by atoms with Crippen molar-refractivity contribution in [3.63, 3.8) is 0 Å². The van der Waals surface area contributed by atoms with E-state index in [-0.39, 0.29) is 23.9 Å². The highest BCUT2D eigenvalue weighted by atomic mass is 35.5. The maximum atomic E-state index is 13.4. The molecule has 1 N–H and O–H groups in total. The zero-order chi connectivity index (χ0) is 30.4. The molecule has 0 unspecified atom stereocenters. The molecule has 13 heteroatoms. The molecular weight excluding hydrogens is 600 g/mol. The van der Waals surface area contributed by atoms with Crippen LogP contribution in [-0.4, -0.2) is 47.9 Å². The second kappa shape index (κ2) is 13.7. The molecule has 0 atom stereocenters. The number of carbonyl (C=O) groups is 2. The minimum atomic E-state index is -0.539. The van der Waals surface area contributed by atoms with E-state index in [4.69, 9.17) is 33.3 Å². The van der Waals surface area contributed by atoms with Crippen molar-refractivity contribution in [1.29, 1.82) is 0 Å². The second-order valence-electron chi connectivity index (χ2n) is 8.87. The van der Waals surface area contributed by atoms with Crippen molar-refractivity contribution in [1.82, 2.24) is 0 Å². The van der Waals surface area contributed by atoms with Gasteiger partial charge in [-0.1, -0.05) is 41.6 Å². The van der Waals surface area contributed by atoms with Crippen LogP contribution in [0.5, 0.6) is 11.5 Å². The predicted octanol–water partition coefficient (Wildman–Crippen LogP) is 6.53. The number of thiocarbonyl (C=S) groups is 1. The molecule has 42 heavy (non-hydrogen) atoms. The smallest absolute Gasteiger partial charge is 0.271 e. The number of nitro groups is 1. The van der Waals surface area contributed by atoms with Gasteiger partial charge in [-0.05, 0) is 56.3 Å².